The van der Waals surface area contributed by atoms with Crippen LogP contribution in [0.15, 0.2) is 131 Å². The molecule has 0 spiro atoms. The number of fused-ring (bicyclic) bond motifs is 2. The van der Waals surface area contributed by atoms with Gasteiger partial charge in [0.05, 0.1) is 52.1 Å². The Morgan fingerprint density at radius 1 is 0.589 bits per heavy atom. The summed E-state index contributed by atoms with van der Waals surface area (Å²) in [5.41, 5.74) is 14.0. The molecule has 27 nitrogen and oxygen atoms in total. The van der Waals surface area contributed by atoms with Crippen LogP contribution in [0, 0.1) is 0 Å². The number of rotatable bonds is 17. The van der Waals surface area contributed by atoms with Gasteiger partial charge >= 0.3 is 18.2 Å². The van der Waals surface area contributed by atoms with E-state index in [0.717, 1.165) is 117 Å². The highest BCUT2D eigenvalue weighted by Crippen LogP contribution is 2.47. The Morgan fingerprint density at radius 2 is 0.991 bits per heavy atom. The van der Waals surface area contributed by atoms with Crippen molar-refractivity contribution in [3.63, 3.8) is 0 Å². The smallest absolute Gasteiger partial charge is 0.410 e. The molecule has 4 aromatic carbocycles. The number of aromatic carboxylic acids is 1. The van der Waals surface area contributed by atoms with Crippen molar-refractivity contribution < 1.29 is 58.0 Å². The molecule has 4 fully saturated rings. The molecule has 2 saturated carbocycles. The SMILES string of the molecule is CC(C)(C)c1nc(C(=O)O)no1.COc1ccc(Cn2nc(N[C@@H]3CCN(C(=O)OC(C)(C)C)C3)c3c(-c4ccc(C5(N)CC5)cc4)ccnc32)cc1.COc1ccc(Cn2nc(N[C@@H]3CCN(C(=O)OC(C)(C)C)C3)c3c(-c4ccc(C5(NC(=O)c6noc(C(C)(C)C)n6)CC5)cc4)ccnc32)cc1.[2H]CF. The lowest BCUT2D eigenvalue weighted by atomic mass is 9.97. The third kappa shape index (κ3) is 18.6. The molecular weight excluding hydrogens is 1370 g/mol. The zero-order valence-corrected chi connectivity index (χ0v) is 63.2. The van der Waals surface area contributed by atoms with Crippen LogP contribution in [-0.4, -0.2) is 160 Å². The highest BCUT2D eigenvalue weighted by Gasteiger charge is 2.47. The van der Waals surface area contributed by atoms with Crippen LogP contribution in [0.1, 0.15) is 178 Å². The molecule has 0 bridgehead atoms. The van der Waals surface area contributed by atoms with Crippen LogP contribution < -0.4 is 31.2 Å². The van der Waals surface area contributed by atoms with Crippen molar-refractivity contribution in [2.45, 2.75) is 180 Å². The van der Waals surface area contributed by atoms with Crippen LogP contribution in [0.3, 0.4) is 0 Å². The van der Waals surface area contributed by atoms with Gasteiger partial charge in [-0.05, 0) is 166 Å². The first-order valence-electron chi connectivity index (χ1n) is 36.4. The van der Waals surface area contributed by atoms with E-state index < -0.39 is 29.9 Å². The number of nitrogens with one attached hydrogen (secondary N) is 3. The van der Waals surface area contributed by atoms with Crippen LogP contribution in [0.2, 0.25) is 0 Å². The molecule has 107 heavy (non-hydrogen) atoms. The van der Waals surface area contributed by atoms with Gasteiger partial charge in [-0.15, -0.1) is 0 Å². The minimum absolute atomic E-state index is 0.0208. The fraction of sp³-hybridized carbons (Fsp3) is 0.443. The zero-order valence-electron chi connectivity index (χ0n) is 64.2. The molecule has 2 aliphatic heterocycles. The molecule has 14 rings (SSSR count). The van der Waals surface area contributed by atoms with Crippen molar-refractivity contribution >= 4 is 57.8 Å². The normalized spacial score (nSPS) is 16.6. The summed E-state index contributed by atoms with van der Waals surface area (Å²) in [6.45, 7) is 26.1. The Hall–Kier alpha value is -11.0. The Labute approximate surface area is 622 Å². The second kappa shape index (κ2) is 31.2. The number of carbonyl (C=O) groups is 4. The van der Waals surface area contributed by atoms with E-state index in [2.05, 4.69) is 84.8 Å². The van der Waals surface area contributed by atoms with Crippen molar-refractivity contribution in [3.8, 4) is 33.8 Å². The van der Waals surface area contributed by atoms with Crippen LogP contribution in [-0.2, 0) is 44.5 Å². The number of halogens is 1. The number of hydrogen-bond acceptors (Lipinski definition) is 21. The lowest BCUT2D eigenvalue weighted by molar-refractivity contribution is 0.0283. The summed E-state index contributed by atoms with van der Waals surface area (Å²) in [4.78, 5) is 70.2. The molecule has 0 unspecified atom stereocenters. The minimum Gasteiger partial charge on any atom is -0.497 e. The van der Waals surface area contributed by atoms with Crippen molar-refractivity contribution in [1.82, 2.24) is 64.9 Å². The second-order valence-corrected chi connectivity index (χ2v) is 31.4. The summed E-state index contributed by atoms with van der Waals surface area (Å²) < 4.78 is 51.4. The fourth-order valence-electron chi connectivity index (χ4n) is 12.5. The number of carboxylic acids is 1. The molecular formula is C79H97FN16O11. The van der Waals surface area contributed by atoms with E-state index in [0.29, 0.717) is 56.9 Å². The average Bonchev–Trinajstić information content (AvgIpc) is 1.61. The molecule has 0 radical (unpaired) electrons. The van der Waals surface area contributed by atoms with Gasteiger partial charge in [-0.2, -0.15) is 20.2 Å². The molecule has 3 amide bonds. The molecule has 10 aromatic rings. The summed E-state index contributed by atoms with van der Waals surface area (Å²) in [7, 11) is 2.31. The highest BCUT2D eigenvalue weighted by molar-refractivity contribution is 6.02. The number of anilines is 2. The fourth-order valence-corrected chi connectivity index (χ4v) is 12.5. The molecule has 2 aliphatic carbocycles. The molecule has 2 saturated heterocycles. The summed E-state index contributed by atoms with van der Waals surface area (Å²) in [5, 5.41) is 38.1. The predicted molar refractivity (Wildman–Crippen MR) is 403 cm³/mol. The van der Waals surface area contributed by atoms with E-state index in [9.17, 15) is 23.6 Å². The van der Waals surface area contributed by atoms with E-state index in [1.807, 2.05) is 159 Å². The molecule has 4 aliphatic rings. The zero-order chi connectivity index (χ0) is 77.7. The predicted octanol–water partition coefficient (Wildman–Crippen LogP) is 13.9. The first-order chi connectivity index (χ1) is 51.1. The van der Waals surface area contributed by atoms with Crippen molar-refractivity contribution in [1.29, 1.82) is 0 Å². The van der Waals surface area contributed by atoms with Gasteiger partial charge in [0.15, 0.2) is 22.9 Å². The number of pyridine rings is 2. The van der Waals surface area contributed by atoms with Crippen LogP contribution in [0.5, 0.6) is 11.5 Å². The van der Waals surface area contributed by atoms with E-state index in [1.165, 1.54) is 5.56 Å². The number of ether oxygens (including phenoxy) is 4. The van der Waals surface area contributed by atoms with Gasteiger partial charge in [0.1, 0.15) is 22.7 Å². The van der Waals surface area contributed by atoms with Crippen molar-refractivity contribution in [2.24, 2.45) is 5.73 Å². The molecule has 6 N–H and O–H groups in total. The van der Waals surface area contributed by atoms with E-state index in [4.69, 9.17) is 60.4 Å². The average molecular weight is 1470 g/mol. The van der Waals surface area contributed by atoms with Crippen LogP contribution in [0.4, 0.5) is 25.6 Å². The maximum Gasteiger partial charge on any atom is 0.410 e. The Kier molecular flexibility index (Phi) is 22.1. The van der Waals surface area contributed by atoms with E-state index in [1.54, 1.807) is 30.2 Å². The molecule has 8 heterocycles. The number of carboxylic acid groups (broad SMARTS) is 1. The van der Waals surface area contributed by atoms with Gasteiger partial charge in [-0.3, -0.25) is 9.18 Å². The maximum absolute atomic E-state index is 13.2. The van der Waals surface area contributed by atoms with Gasteiger partial charge < -0.3 is 64.6 Å². The van der Waals surface area contributed by atoms with Gasteiger partial charge in [-0.1, -0.05) is 119 Å². The van der Waals surface area contributed by atoms with Gasteiger partial charge in [-0.25, -0.2) is 33.7 Å². The van der Waals surface area contributed by atoms with E-state index >= 15 is 0 Å². The van der Waals surface area contributed by atoms with Gasteiger partial charge in [0.25, 0.3) is 17.6 Å². The number of benzene rings is 4. The van der Waals surface area contributed by atoms with Crippen LogP contribution in [0.25, 0.3) is 44.3 Å². The third-order valence-electron chi connectivity index (χ3n) is 18.6. The first-order valence-corrected chi connectivity index (χ1v) is 35.7. The number of alkyl halides is 1. The van der Waals surface area contributed by atoms with E-state index in [-0.39, 0.29) is 58.2 Å². The molecule has 566 valence electrons. The van der Waals surface area contributed by atoms with Crippen molar-refractivity contribution in [2.75, 3.05) is 58.2 Å². The van der Waals surface area contributed by atoms with Gasteiger partial charge in [0.2, 0.25) is 11.8 Å². The number of nitrogens with two attached hydrogens (primary N) is 1. The number of likely N-dealkylation sites (tertiary alicyclic amines) is 2. The third-order valence-corrected chi connectivity index (χ3v) is 18.6. The lowest BCUT2D eigenvalue weighted by Gasteiger charge is -2.24. The second-order valence-electron chi connectivity index (χ2n) is 31.4. The number of aromatic nitrogens is 10. The quantitative estimate of drug-likeness (QED) is 0.0565. The number of methoxy groups -OCH3 is 2. The number of carbonyl (C=O) groups excluding carboxylic acids is 3. The summed E-state index contributed by atoms with van der Waals surface area (Å²) >= 11 is 0. The largest absolute Gasteiger partial charge is 0.497 e. The first kappa shape index (κ1) is 75.6. The molecule has 2 atom stereocenters. The monoisotopic (exact) mass is 1470 g/mol. The van der Waals surface area contributed by atoms with Crippen LogP contribution >= 0.6 is 0 Å². The maximum atomic E-state index is 13.2. The number of hydrogen-bond donors (Lipinski definition) is 5. The molecule has 6 aromatic heterocycles. The number of amides is 3. The van der Waals surface area contributed by atoms with Crippen molar-refractivity contribution in [3.05, 3.63) is 167 Å². The Morgan fingerprint density at radius 3 is 1.35 bits per heavy atom. The topological polar surface area (TPSA) is 333 Å². The summed E-state index contributed by atoms with van der Waals surface area (Å²) in [5.74, 6) is 2.03. The Bertz CT molecular complexity index is 4800. The summed E-state index contributed by atoms with van der Waals surface area (Å²) in [6.07, 6.45) is 8.29. The number of nitrogens with zero attached hydrogens (tertiary/aromatic N) is 12. The van der Waals surface area contributed by atoms with Gasteiger partial charge in [0, 0.05) is 67.0 Å². The lowest BCUT2D eigenvalue weighted by Crippen LogP contribution is -2.36. The Balaban J connectivity index is 0.000000184. The summed E-state index contributed by atoms with van der Waals surface area (Å²) in [6, 6.07) is 36.8. The standard InChI is InChI=1S/C39H46N8O5.C32H38N6O3.C7H10N2O3.CH3F/c1-37(2,3)35-42-32(45-52-35)34(48)43-39(18-19-39)26-12-10-25(11-13-26)29-16-20-40-33-30(29)31(44-47(33)22-24-8-14-28(50-7)15-9-24)41-27-17-21-46(23-27)36(49)51-38(4,5)6;1-31(2,3)41-30(39)37-18-14-24(20-37)35-28-27-26(22-7-9-23(10-8-22)32(33)15-16-32)13-17-34-29(27)38(36-28)19-21-5-11-25(40-4)12-6-21;1-7(2,3)6-8-4(5(10)11)9-12-6;1-2/h8-16,20,27H,17-19,21-23H2,1-7H3,(H,41,44)(H,43,48);5-13,17,24H,14-16,18-20,33H2,1-4H3,(H,35,36);1-3H3,(H,10,11);1H3/t27-;24-;;/m11../s1/i;;;1D. The molecule has 28 heteroatoms. The highest BCUT2D eigenvalue weighted by atomic mass is 19.1. The minimum atomic E-state index is -1.17.